The van der Waals surface area contributed by atoms with Gasteiger partial charge in [0.05, 0.1) is 12.2 Å². The van der Waals surface area contributed by atoms with Crippen LogP contribution in [0.15, 0.2) is 18.5 Å². The van der Waals surface area contributed by atoms with E-state index in [4.69, 9.17) is 4.74 Å². The third-order valence-electron chi connectivity index (χ3n) is 1.46. The van der Waals surface area contributed by atoms with Crippen molar-refractivity contribution in [3.63, 3.8) is 0 Å². The lowest BCUT2D eigenvalue weighted by atomic mass is 10.2. The summed E-state index contributed by atoms with van der Waals surface area (Å²) in [7, 11) is 0. The maximum atomic E-state index is 12.2. The molecule has 0 saturated heterocycles. The zero-order valence-corrected chi connectivity index (χ0v) is 7.29. The Kier molecular flexibility index (Phi) is 3.37. The van der Waals surface area contributed by atoms with Gasteiger partial charge in [-0.2, -0.15) is 0 Å². The number of halogens is 1. The first-order chi connectivity index (χ1) is 6.27. The lowest BCUT2D eigenvalue weighted by Gasteiger charge is -2.01. The summed E-state index contributed by atoms with van der Waals surface area (Å²) in [4.78, 5) is 14.8. The number of aromatic nitrogens is 1. The van der Waals surface area contributed by atoms with E-state index in [0.717, 1.165) is 0 Å². The molecule has 0 radical (unpaired) electrons. The predicted molar refractivity (Wildman–Crippen MR) is 45.0 cm³/mol. The molecule has 0 saturated carbocycles. The van der Waals surface area contributed by atoms with Crippen LogP contribution in [-0.2, 0) is 11.4 Å². The number of carbonyl (C=O) groups excluding carboxylic acids is 1. The van der Waals surface area contributed by atoms with Gasteiger partial charge in [-0.25, -0.2) is 9.18 Å². The van der Waals surface area contributed by atoms with Gasteiger partial charge >= 0.3 is 5.97 Å². The van der Waals surface area contributed by atoms with Crippen LogP contribution in [0.1, 0.15) is 22.8 Å². The van der Waals surface area contributed by atoms with Gasteiger partial charge < -0.3 is 4.74 Å². The Morgan fingerprint density at radius 2 is 2.38 bits per heavy atom. The number of alkyl halides is 1. The van der Waals surface area contributed by atoms with Gasteiger partial charge in [0.1, 0.15) is 6.67 Å². The largest absolute Gasteiger partial charge is 0.462 e. The fourth-order valence-corrected chi connectivity index (χ4v) is 0.887. The van der Waals surface area contributed by atoms with Gasteiger partial charge in [0.25, 0.3) is 0 Å². The molecule has 1 aromatic rings. The molecule has 0 aliphatic carbocycles. The summed E-state index contributed by atoms with van der Waals surface area (Å²) in [6.07, 6.45) is 2.74. The van der Waals surface area contributed by atoms with Gasteiger partial charge in [0.15, 0.2) is 0 Å². The second kappa shape index (κ2) is 4.54. The van der Waals surface area contributed by atoms with Crippen LogP contribution < -0.4 is 0 Å². The van der Waals surface area contributed by atoms with Crippen LogP contribution in [-0.4, -0.2) is 17.6 Å². The maximum absolute atomic E-state index is 12.2. The molecule has 0 amide bonds. The summed E-state index contributed by atoms with van der Waals surface area (Å²) in [6.45, 7) is 1.39. The molecule has 0 aliphatic heterocycles. The van der Waals surface area contributed by atoms with Crippen molar-refractivity contribution in [2.24, 2.45) is 0 Å². The van der Waals surface area contributed by atoms with Crippen molar-refractivity contribution in [3.8, 4) is 0 Å². The van der Waals surface area contributed by atoms with Crippen LogP contribution in [0.4, 0.5) is 4.39 Å². The molecule has 0 bridgehead atoms. The lowest BCUT2D eigenvalue weighted by molar-refractivity contribution is 0.0525. The maximum Gasteiger partial charge on any atom is 0.339 e. The average molecular weight is 183 g/mol. The number of pyridine rings is 1. The summed E-state index contributed by atoms with van der Waals surface area (Å²) in [5.41, 5.74) is 0.669. The van der Waals surface area contributed by atoms with Gasteiger partial charge in [-0.1, -0.05) is 0 Å². The minimum atomic E-state index is -0.625. The highest BCUT2D eigenvalue weighted by Crippen LogP contribution is 2.05. The Hall–Kier alpha value is -1.45. The first-order valence-electron chi connectivity index (χ1n) is 3.95. The number of rotatable bonds is 3. The molecule has 4 heteroatoms. The van der Waals surface area contributed by atoms with Crippen LogP contribution >= 0.6 is 0 Å². The normalized spacial score (nSPS) is 9.69. The molecule has 13 heavy (non-hydrogen) atoms. The average Bonchev–Trinajstić information content (AvgIpc) is 2.18. The van der Waals surface area contributed by atoms with Gasteiger partial charge in [0, 0.05) is 18.0 Å². The Morgan fingerprint density at radius 1 is 1.62 bits per heavy atom. The highest BCUT2D eigenvalue weighted by Gasteiger charge is 2.06. The van der Waals surface area contributed by atoms with Crippen LogP contribution in [0.3, 0.4) is 0 Å². The summed E-state index contributed by atoms with van der Waals surface area (Å²) < 4.78 is 16.9. The van der Waals surface area contributed by atoms with Gasteiger partial charge in [0.2, 0.25) is 0 Å². The summed E-state index contributed by atoms with van der Waals surface area (Å²) in [6, 6.07) is 1.44. The zero-order valence-electron chi connectivity index (χ0n) is 7.29. The van der Waals surface area contributed by atoms with Crippen molar-refractivity contribution in [3.05, 3.63) is 29.6 Å². The Labute approximate surface area is 75.6 Å². The zero-order chi connectivity index (χ0) is 9.68. The van der Waals surface area contributed by atoms with Crippen molar-refractivity contribution in [1.82, 2.24) is 4.98 Å². The number of esters is 1. The smallest absolute Gasteiger partial charge is 0.339 e. The second-order valence-electron chi connectivity index (χ2n) is 2.44. The fourth-order valence-electron chi connectivity index (χ4n) is 0.887. The van der Waals surface area contributed by atoms with Crippen molar-refractivity contribution in [2.75, 3.05) is 6.61 Å². The number of hydrogen-bond acceptors (Lipinski definition) is 3. The van der Waals surface area contributed by atoms with E-state index in [0.29, 0.717) is 12.2 Å². The topological polar surface area (TPSA) is 39.2 Å². The molecule has 0 N–H and O–H groups in total. The van der Waals surface area contributed by atoms with Gasteiger partial charge in [-0.15, -0.1) is 0 Å². The summed E-state index contributed by atoms with van der Waals surface area (Å²) in [5.74, 6) is -0.467. The predicted octanol–water partition coefficient (Wildman–Crippen LogP) is 1.73. The molecular formula is C9H10FNO2. The van der Waals surface area contributed by atoms with E-state index in [9.17, 15) is 9.18 Å². The van der Waals surface area contributed by atoms with Crippen LogP contribution in [0, 0.1) is 0 Å². The Bertz CT molecular complexity index is 301. The van der Waals surface area contributed by atoms with E-state index in [1.165, 1.54) is 18.5 Å². The molecule has 0 atom stereocenters. The van der Waals surface area contributed by atoms with Crippen molar-refractivity contribution in [1.29, 1.82) is 0 Å². The van der Waals surface area contributed by atoms with Crippen LogP contribution in [0.5, 0.6) is 0 Å². The van der Waals surface area contributed by atoms with E-state index in [-0.39, 0.29) is 5.56 Å². The molecule has 0 aliphatic rings. The molecular weight excluding hydrogens is 173 g/mol. The number of nitrogens with zero attached hydrogens (tertiary/aromatic N) is 1. The SMILES string of the molecule is CCOC(=O)c1cncc(CF)c1. The van der Waals surface area contributed by atoms with Crippen molar-refractivity contribution in [2.45, 2.75) is 13.6 Å². The van der Waals surface area contributed by atoms with Crippen molar-refractivity contribution < 1.29 is 13.9 Å². The second-order valence-corrected chi connectivity index (χ2v) is 2.44. The standard InChI is InChI=1S/C9H10FNO2/c1-2-13-9(12)8-3-7(4-10)5-11-6-8/h3,5-6H,2,4H2,1H3. The first kappa shape index (κ1) is 9.64. The molecule has 1 heterocycles. The Morgan fingerprint density at radius 3 is 3.00 bits per heavy atom. The van der Waals surface area contributed by atoms with E-state index < -0.39 is 12.6 Å². The number of ether oxygens (including phenoxy) is 1. The van der Waals surface area contributed by atoms with E-state index in [1.807, 2.05) is 0 Å². The first-order valence-corrected chi connectivity index (χ1v) is 3.95. The lowest BCUT2D eigenvalue weighted by Crippen LogP contribution is -2.05. The molecule has 1 aromatic heterocycles. The van der Waals surface area contributed by atoms with Crippen LogP contribution in [0.25, 0.3) is 0 Å². The highest BCUT2D eigenvalue weighted by atomic mass is 19.1. The third kappa shape index (κ3) is 2.50. The molecule has 3 nitrogen and oxygen atoms in total. The molecule has 0 spiro atoms. The monoisotopic (exact) mass is 183 g/mol. The fraction of sp³-hybridized carbons (Fsp3) is 0.333. The highest BCUT2D eigenvalue weighted by molar-refractivity contribution is 5.89. The molecule has 0 fully saturated rings. The third-order valence-corrected chi connectivity index (χ3v) is 1.46. The molecule has 0 aromatic carbocycles. The quantitative estimate of drug-likeness (QED) is 0.670. The summed E-state index contributed by atoms with van der Waals surface area (Å²) >= 11 is 0. The molecule has 70 valence electrons. The number of hydrogen-bond donors (Lipinski definition) is 0. The molecule has 1 rings (SSSR count). The van der Waals surface area contributed by atoms with E-state index >= 15 is 0 Å². The Balaban J connectivity index is 2.82. The van der Waals surface area contributed by atoms with E-state index in [2.05, 4.69) is 4.98 Å². The van der Waals surface area contributed by atoms with Crippen molar-refractivity contribution >= 4 is 5.97 Å². The summed E-state index contributed by atoms with van der Waals surface area (Å²) in [5, 5.41) is 0. The number of carbonyl (C=O) groups is 1. The van der Waals surface area contributed by atoms with Gasteiger partial charge in [-0.3, -0.25) is 4.98 Å². The molecule has 0 unspecified atom stereocenters. The minimum absolute atomic E-state index is 0.289. The van der Waals surface area contributed by atoms with Gasteiger partial charge in [-0.05, 0) is 13.0 Å². The van der Waals surface area contributed by atoms with Crippen LogP contribution in [0.2, 0.25) is 0 Å². The van der Waals surface area contributed by atoms with E-state index in [1.54, 1.807) is 6.92 Å². The minimum Gasteiger partial charge on any atom is -0.462 e.